The van der Waals surface area contributed by atoms with Gasteiger partial charge < -0.3 is 0 Å². The number of halogens is 1. The lowest BCUT2D eigenvalue weighted by Crippen LogP contribution is -2.10. The summed E-state index contributed by atoms with van der Waals surface area (Å²) in [5.74, 6) is 3.10. The molecular formula is C16H21Br. The van der Waals surface area contributed by atoms with E-state index in [0.29, 0.717) is 4.83 Å². The van der Waals surface area contributed by atoms with Crippen LogP contribution in [0.1, 0.15) is 36.0 Å². The molecule has 0 amide bonds. The Morgan fingerprint density at radius 3 is 2.65 bits per heavy atom. The smallest absolute Gasteiger partial charge is 0.0220 e. The van der Waals surface area contributed by atoms with E-state index in [1.54, 1.807) is 0 Å². The van der Waals surface area contributed by atoms with E-state index in [1.807, 2.05) is 0 Å². The lowest BCUT2D eigenvalue weighted by atomic mass is 9.98. The second-order valence-corrected chi connectivity index (χ2v) is 7.16. The van der Waals surface area contributed by atoms with Crippen molar-refractivity contribution in [3.63, 3.8) is 0 Å². The van der Waals surface area contributed by atoms with Gasteiger partial charge in [-0.2, -0.15) is 0 Å². The molecule has 1 heteroatoms. The van der Waals surface area contributed by atoms with Gasteiger partial charge in [0, 0.05) is 4.83 Å². The Kier molecular flexibility index (Phi) is 3.06. The van der Waals surface area contributed by atoms with Crippen molar-refractivity contribution in [2.24, 2.45) is 17.8 Å². The largest absolute Gasteiger partial charge is 0.0884 e. The van der Waals surface area contributed by atoms with Crippen LogP contribution in [0.5, 0.6) is 0 Å². The van der Waals surface area contributed by atoms with Crippen LogP contribution in [0, 0.1) is 31.6 Å². The van der Waals surface area contributed by atoms with Crippen molar-refractivity contribution in [3.05, 3.63) is 34.9 Å². The average Bonchev–Trinajstić information content (AvgIpc) is 2.78. The van der Waals surface area contributed by atoms with Gasteiger partial charge in [-0.05, 0) is 62.0 Å². The van der Waals surface area contributed by atoms with Crippen LogP contribution in [-0.4, -0.2) is 4.83 Å². The van der Waals surface area contributed by atoms with E-state index in [-0.39, 0.29) is 0 Å². The van der Waals surface area contributed by atoms with Crippen molar-refractivity contribution in [1.29, 1.82) is 0 Å². The second kappa shape index (κ2) is 4.42. The van der Waals surface area contributed by atoms with E-state index in [1.165, 1.54) is 42.4 Å². The number of benzene rings is 1. The Morgan fingerprint density at radius 1 is 1.24 bits per heavy atom. The lowest BCUT2D eigenvalue weighted by Gasteiger charge is -2.14. The summed E-state index contributed by atoms with van der Waals surface area (Å²) in [6.45, 7) is 4.43. The van der Waals surface area contributed by atoms with Gasteiger partial charge in [0.15, 0.2) is 0 Å². The van der Waals surface area contributed by atoms with Gasteiger partial charge in [0.2, 0.25) is 0 Å². The monoisotopic (exact) mass is 292 g/mol. The van der Waals surface area contributed by atoms with E-state index in [0.717, 1.165) is 17.8 Å². The molecule has 0 aromatic heterocycles. The van der Waals surface area contributed by atoms with Gasteiger partial charge in [0.25, 0.3) is 0 Å². The van der Waals surface area contributed by atoms with Gasteiger partial charge in [-0.25, -0.2) is 0 Å². The second-order valence-electron chi connectivity index (χ2n) is 5.99. The van der Waals surface area contributed by atoms with E-state index in [2.05, 4.69) is 48.0 Å². The molecule has 0 aliphatic heterocycles. The molecule has 0 nitrogen and oxygen atoms in total. The third kappa shape index (κ3) is 2.19. The van der Waals surface area contributed by atoms with Gasteiger partial charge in [0.05, 0.1) is 0 Å². The molecule has 1 aromatic carbocycles. The van der Waals surface area contributed by atoms with Gasteiger partial charge in [0.1, 0.15) is 0 Å². The minimum atomic E-state index is 0.707. The van der Waals surface area contributed by atoms with Crippen LogP contribution < -0.4 is 0 Å². The van der Waals surface area contributed by atoms with Gasteiger partial charge in [-0.3, -0.25) is 0 Å². The summed E-state index contributed by atoms with van der Waals surface area (Å²) < 4.78 is 0. The van der Waals surface area contributed by atoms with Crippen LogP contribution in [-0.2, 0) is 6.42 Å². The van der Waals surface area contributed by atoms with Crippen molar-refractivity contribution in [2.75, 3.05) is 0 Å². The molecule has 0 heterocycles. The quantitative estimate of drug-likeness (QED) is 0.711. The summed E-state index contributed by atoms with van der Waals surface area (Å²) in [4.78, 5) is 0.707. The van der Waals surface area contributed by atoms with Crippen molar-refractivity contribution in [1.82, 2.24) is 0 Å². The fourth-order valence-corrected chi connectivity index (χ4v) is 4.91. The Morgan fingerprint density at radius 2 is 1.94 bits per heavy atom. The standard InChI is InChI=1S/C16H21Br/c1-10-6-7-11(2)12(8-10)9-15(17)16-13-4-3-5-14(13)16/h6-8,13-16H,3-5,9H2,1-2H3. The zero-order chi connectivity index (χ0) is 12.0. The molecule has 3 atom stereocenters. The fourth-order valence-electron chi connectivity index (χ4n) is 3.78. The number of alkyl halides is 1. The molecule has 2 aliphatic rings. The number of aryl methyl sites for hydroxylation is 2. The molecule has 1 aromatic rings. The number of hydrogen-bond acceptors (Lipinski definition) is 0. The Bertz CT molecular complexity index is 414. The van der Waals surface area contributed by atoms with E-state index >= 15 is 0 Å². The normalized spacial score (nSPS) is 32.3. The van der Waals surface area contributed by atoms with Crippen LogP contribution in [0.15, 0.2) is 18.2 Å². The maximum atomic E-state index is 3.96. The third-order valence-electron chi connectivity index (χ3n) is 4.81. The van der Waals surface area contributed by atoms with E-state index < -0.39 is 0 Å². The predicted molar refractivity (Wildman–Crippen MR) is 76.7 cm³/mol. The maximum absolute atomic E-state index is 3.96. The number of rotatable bonds is 3. The minimum Gasteiger partial charge on any atom is -0.0884 e. The fraction of sp³-hybridized carbons (Fsp3) is 0.625. The van der Waals surface area contributed by atoms with Gasteiger partial charge in [-0.15, -0.1) is 0 Å². The van der Waals surface area contributed by atoms with Crippen LogP contribution in [0.2, 0.25) is 0 Å². The van der Waals surface area contributed by atoms with Crippen molar-refractivity contribution in [2.45, 2.75) is 44.4 Å². The topological polar surface area (TPSA) is 0 Å². The Balaban J connectivity index is 1.68. The van der Waals surface area contributed by atoms with Crippen molar-refractivity contribution >= 4 is 15.9 Å². The minimum absolute atomic E-state index is 0.707. The molecule has 2 aliphatic carbocycles. The van der Waals surface area contributed by atoms with E-state index in [4.69, 9.17) is 0 Å². The first-order valence-electron chi connectivity index (χ1n) is 6.87. The molecule has 2 fully saturated rings. The highest BCUT2D eigenvalue weighted by molar-refractivity contribution is 9.09. The molecule has 2 saturated carbocycles. The molecule has 0 N–H and O–H groups in total. The summed E-state index contributed by atoms with van der Waals surface area (Å²) in [7, 11) is 0. The number of hydrogen-bond donors (Lipinski definition) is 0. The van der Waals surface area contributed by atoms with Crippen molar-refractivity contribution in [3.8, 4) is 0 Å². The van der Waals surface area contributed by atoms with Gasteiger partial charge >= 0.3 is 0 Å². The first-order valence-corrected chi connectivity index (χ1v) is 7.78. The summed E-state index contributed by atoms with van der Waals surface area (Å²) in [6, 6.07) is 6.84. The summed E-state index contributed by atoms with van der Waals surface area (Å²) >= 11 is 3.96. The molecular weight excluding hydrogens is 272 g/mol. The Labute approximate surface area is 113 Å². The molecule has 0 radical (unpaired) electrons. The number of fused-ring (bicyclic) bond motifs is 1. The molecule has 0 saturated heterocycles. The van der Waals surface area contributed by atoms with Crippen LogP contribution in [0.3, 0.4) is 0 Å². The van der Waals surface area contributed by atoms with Gasteiger partial charge in [-0.1, -0.05) is 46.1 Å². The highest BCUT2D eigenvalue weighted by Gasteiger charge is 2.54. The first-order chi connectivity index (χ1) is 8.16. The van der Waals surface area contributed by atoms with Crippen molar-refractivity contribution < 1.29 is 0 Å². The molecule has 3 unspecified atom stereocenters. The highest BCUT2D eigenvalue weighted by Crippen LogP contribution is 2.60. The SMILES string of the molecule is Cc1ccc(C)c(CC(Br)C2C3CCCC32)c1. The van der Waals surface area contributed by atoms with Crippen LogP contribution in [0.25, 0.3) is 0 Å². The molecule has 17 heavy (non-hydrogen) atoms. The zero-order valence-corrected chi connectivity index (χ0v) is 12.3. The third-order valence-corrected chi connectivity index (χ3v) is 5.74. The highest BCUT2D eigenvalue weighted by atomic mass is 79.9. The maximum Gasteiger partial charge on any atom is 0.0220 e. The summed E-state index contributed by atoms with van der Waals surface area (Å²) in [5, 5.41) is 0. The molecule has 0 bridgehead atoms. The summed E-state index contributed by atoms with van der Waals surface area (Å²) in [5.41, 5.74) is 4.38. The van der Waals surface area contributed by atoms with Crippen LogP contribution in [0.4, 0.5) is 0 Å². The Hall–Kier alpha value is -0.300. The summed E-state index contributed by atoms with van der Waals surface area (Å²) in [6.07, 6.45) is 5.68. The predicted octanol–water partition coefficient (Wildman–Crippen LogP) is 4.66. The van der Waals surface area contributed by atoms with Crippen LogP contribution >= 0.6 is 15.9 Å². The first kappa shape index (κ1) is 11.8. The average molecular weight is 293 g/mol. The zero-order valence-electron chi connectivity index (χ0n) is 10.7. The molecule has 0 spiro atoms. The lowest BCUT2D eigenvalue weighted by molar-refractivity contribution is 0.569. The molecule has 3 rings (SSSR count). The van der Waals surface area contributed by atoms with E-state index in [9.17, 15) is 0 Å². The molecule has 92 valence electrons.